The maximum absolute atomic E-state index is 11.7. The first kappa shape index (κ1) is 15.3. The Morgan fingerprint density at radius 3 is 2.60 bits per heavy atom. The Balaban J connectivity index is 1.67. The quantitative estimate of drug-likeness (QED) is 0.746. The van der Waals surface area contributed by atoms with Gasteiger partial charge in [-0.25, -0.2) is 4.79 Å². The largest absolute Gasteiger partial charge is 0.482 e. The number of carbonyl (C=O) groups is 1. The van der Waals surface area contributed by atoms with Gasteiger partial charge in [0.25, 0.3) is 0 Å². The second-order valence-corrected chi connectivity index (χ2v) is 5.97. The molecular weight excluding hydrogens is 322 g/mol. The van der Waals surface area contributed by atoms with Gasteiger partial charge in [-0.2, -0.15) is 0 Å². The molecule has 1 aromatic carbocycles. The fourth-order valence-electron chi connectivity index (χ4n) is 2.30. The Hall–Kier alpha value is -1.07. The molecule has 0 saturated carbocycles. The van der Waals surface area contributed by atoms with Gasteiger partial charge in [0.05, 0.1) is 0 Å². The minimum absolute atomic E-state index is 0.0496. The number of esters is 1. The van der Waals surface area contributed by atoms with E-state index in [1.54, 1.807) is 0 Å². The summed E-state index contributed by atoms with van der Waals surface area (Å²) in [6, 6.07) is 7.36. The monoisotopic (exact) mass is 341 g/mol. The lowest BCUT2D eigenvalue weighted by molar-refractivity contribution is -0.151. The molecule has 1 atom stereocenters. The SMILES string of the molecule is CC(CN1CCCC1)OC(=O)COc1ccc(Br)cc1. The van der Waals surface area contributed by atoms with Crippen molar-refractivity contribution < 1.29 is 14.3 Å². The van der Waals surface area contributed by atoms with Crippen LogP contribution in [0.5, 0.6) is 5.75 Å². The number of nitrogens with zero attached hydrogens (tertiary/aromatic N) is 1. The zero-order valence-corrected chi connectivity index (χ0v) is 13.3. The van der Waals surface area contributed by atoms with E-state index in [-0.39, 0.29) is 18.7 Å². The highest BCUT2D eigenvalue weighted by atomic mass is 79.9. The molecule has 1 fully saturated rings. The first-order valence-corrected chi connectivity index (χ1v) is 7.73. The molecule has 1 unspecified atom stereocenters. The molecule has 20 heavy (non-hydrogen) atoms. The molecule has 1 heterocycles. The summed E-state index contributed by atoms with van der Waals surface area (Å²) in [4.78, 5) is 14.0. The van der Waals surface area contributed by atoms with Gasteiger partial charge in [0.1, 0.15) is 11.9 Å². The molecular formula is C15H20BrNO3. The third-order valence-corrected chi connectivity index (χ3v) is 3.75. The van der Waals surface area contributed by atoms with Crippen LogP contribution in [0.25, 0.3) is 0 Å². The van der Waals surface area contributed by atoms with Crippen molar-refractivity contribution in [3.8, 4) is 5.75 Å². The van der Waals surface area contributed by atoms with Crippen LogP contribution >= 0.6 is 15.9 Å². The van der Waals surface area contributed by atoms with Gasteiger partial charge >= 0.3 is 5.97 Å². The van der Waals surface area contributed by atoms with Gasteiger partial charge in [0.2, 0.25) is 0 Å². The van der Waals surface area contributed by atoms with E-state index in [2.05, 4.69) is 20.8 Å². The molecule has 0 radical (unpaired) electrons. The number of hydrogen-bond donors (Lipinski definition) is 0. The molecule has 0 bridgehead atoms. The summed E-state index contributed by atoms with van der Waals surface area (Å²) in [7, 11) is 0. The van der Waals surface area contributed by atoms with Crippen LogP contribution in [-0.2, 0) is 9.53 Å². The lowest BCUT2D eigenvalue weighted by Crippen LogP contribution is -2.32. The number of carbonyl (C=O) groups excluding carboxylic acids is 1. The van der Waals surface area contributed by atoms with Gasteiger partial charge in [-0.15, -0.1) is 0 Å². The van der Waals surface area contributed by atoms with Gasteiger partial charge < -0.3 is 9.47 Å². The van der Waals surface area contributed by atoms with Crippen LogP contribution in [0.2, 0.25) is 0 Å². The zero-order valence-electron chi connectivity index (χ0n) is 11.7. The van der Waals surface area contributed by atoms with Crippen LogP contribution < -0.4 is 4.74 Å². The van der Waals surface area contributed by atoms with Gasteiger partial charge in [-0.1, -0.05) is 15.9 Å². The van der Waals surface area contributed by atoms with Crippen molar-refractivity contribution in [1.29, 1.82) is 0 Å². The molecule has 0 spiro atoms. The number of halogens is 1. The van der Waals surface area contributed by atoms with E-state index in [1.807, 2.05) is 31.2 Å². The second-order valence-electron chi connectivity index (χ2n) is 5.05. The summed E-state index contributed by atoms with van der Waals surface area (Å²) in [5.41, 5.74) is 0. The van der Waals surface area contributed by atoms with E-state index in [0.717, 1.165) is 24.1 Å². The molecule has 0 N–H and O–H groups in total. The number of hydrogen-bond acceptors (Lipinski definition) is 4. The minimum atomic E-state index is -0.320. The Labute approximate surface area is 128 Å². The summed E-state index contributed by atoms with van der Waals surface area (Å²) in [6.07, 6.45) is 2.40. The standard InChI is InChI=1S/C15H20BrNO3/c1-12(10-17-8-2-3-9-17)20-15(18)11-19-14-6-4-13(16)5-7-14/h4-7,12H,2-3,8-11H2,1H3. The van der Waals surface area contributed by atoms with E-state index in [1.165, 1.54) is 12.8 Å². The molecule has 2 rings (SSSR count). The molecule has 0 aliphatic carbocycles. The maximum atomic E-state index is 11.7. The molecule has 0 amide bonds. The number of likely N-dealkylation sites (tertiary alicyclic amines) is 1. The predicted octanol–water partition coefficient (Wildman–Crippen LogP) is 2.86. The van der Waals surface area contributed by atoms with E-state index >= 15 is 0 Å². The molecule has 1 aromatic rings. The molecule has 0 aromatic heterocycles. The first-order valence-electron chi connectivity index (χ1n) is 6.93. The molecule has 1 saturated heterocycles. The fraction of sp³-hybridized carbons (Fsp3) is 0.533. The summed E-state index contributed by atoms with van der Waals surface area (Å²) >= 11 is 3.35. The Morgan fingerprint density at radius 1 is 1.30 bits per heavy atom. The van der Waals surface area contributed by atoms with Crippen LogP contribution in [0.4, 0.5) is 0 Å². The lowest BCUT2D eigenvalue weighted by Gasteiger charge is -2.20. The van der Waals surface area contributed by atoms with Gasteiger partial charge in [-0.05, 0) is 57.1 Å². The van der Waals surface area contributed by atoms with E-state index in [4.69, 9.17) is 9.47 Å². The molecule has 4 nitrogen and oxygen atoms in total. The second kappa shape index (κ2) is 7.64. The van der Waals surface area contributed by atoms with E-state index in [0.29, 0.717) is 5.75 Å². The highest BCUT2D eigenvalue weighted by molar-refractivity contribution is 9.10. The first-order chi connectivity index (χ1) is 9.63. The van der Waals surface area contributed by atoms with Crippen molar-refractivity contribution in [2.24, 2.45) is 0 Å². The number of rotatable bonds is 6. The third-order valence-electron chi connectivity index (χ3n) is 3.22. The summed E-state index contributed by atoms with van der Waals surface area (Å²) in [5.74, 6) is 0.344. The average molecular weight is 342 g/mol. The van der Waals surface area contributed by atoms with Crippen molar-refractivity contribution in [2.75, 3.05) is 26.2 Å². The normalized spacial score (nSPS) is 16.9. The van der Waals surface area contributed by atoms with Gasteiger partial charge in [-0.3, -0.25) is 4.90 Å². The van der Waals surface area contributed by atoms with Crippen LogP contribution in [0, 0.1) is 0 Å². The smallest absolute Gasteiger partial charge is 0.344 e. The Kier molecular flexibility index (Phi) is 5.86. The summed E-state index contributed by atoms with van der Waals surface area (Å²) in [5, 5.41) is 0. The highest BCUT2D eigenvalue weighted by Gasteiger charge is 2.17. The highest BCUT2D eigenvalue weighted by Crippen LogP contribution is 2.16. The van der Waals surface area contributed by atoms with E-state index < -0.39 is 0 Å². The Morgan fingerprint density at radius 2 is 1.95 bits per heavy atom. The number of ether oxygens (including phenoxy) is 2. The van der Waals surface area contributed by atoms with Crippen LogP contribution in [-0.4, -0.2) is 43.2 Å². The Bertz CT molecular complexity index is 429. The van der Waals surface area contributed by atoms with Crippen LogP contribution in [0.3, 0.4) is 0 Å². The van der Waals surface area contributed by atoms with Crippen molar-refractivity contribution in [3.05, 3.63) is 28.7 Å². The minimum Gasteiger partial charge on any atom is -0.482 e. The summed E-state index contributed by atoms with van der Waals surface area (Å²) in [6.45, 7) is 4.90. The summed E-state index contributed by atoms with van der Waals surface area (Å²) < 4.78 is 11.7. The van der Waals surface area contributed by atoms with Crippen LogP contribution in [0.1, 0.15) is 19.8 Å². The topological polar surface area (TPSA) is 38.8 Å². The fourth-order valence-corrected chi connectivity index (χ4v) is 2.56. The van der Waals surface area contributed by atoms with Gasteiger partial charge in [0, 0.05) is 11.0 Å². The van der Waals surface area contributed by atoms with Crippen LogP contribution in [0.15, 0.2) is 28.7 Å². The van der Waals surface area contributed by atoms with Crippen molar-refractivity contribution in [3.63, 3.8) is 0 Å². The molecule has 110 valence electrons. The van der Waals surface area contributed by atoms with E-state index in [9.17, 15) is 4.79 Å². The van der Waals surface area contributed by atoms with Crippen molar-refractivity contribution >= 4 is 21.9 Å². The third kappa shape index (κ3) is 5.13. The predicted molar refractivity (Wildman–Crippen MR) is 80.9 cm³/mol. The maximum Gasteiger partial charge on any atom is 0.344 e. The molecule has 5 heteroatoms. The van der Waals surface area contributed by atoms with Crippen molar-refractivity contribution in [2.45, 2.75) is 25.9 Å². The average Bonchev–Trinajstić information content (AvgIpc) is 2.90. The molecule has 1 aliphatic heterocycles. The number of benzene rings is 1. The molecule has 1 aliphatic rings. The lowest BCUT2D eigenvalue weighted by atomic mass is 10.3. The van der Waals surface area contributed by atoms with Gasteiger partial charge in [0.15, 0.2) is 6.61 Å². The zero-order chi connectivity index (χ0) is 14.4. The van der Waals surface area contributed by atoms with Crippen molar-refractivity contribution in [1.82, 2.24) is 4.90 Å².